The molecule has 23 nitrogen and oxygen atoms in total. The first-order valence-corrected chi connectivity index (χ1v) is 44.6. The number of rotatable bonds is 9. The van der Waals surface area contributed by atoms with Crippen LogP contribution in [0.1, 0.15) is 240 Å². The molecule has 5 fully saturated rings. The van der Waals surface area contributed by atoms with Crippen molar-refractivity contribution in [3.8, 4) is 0 Å². The van der Waals surface area contributed by atoms with E-state index in [1.165, 1.54) is 36.2 Å². The lowest BCUT2D eigenvalue weighted by Crippen LogP contribution is -2.44. The standard InChI is InChI=1S/C17H24BrNO2.C17H24ClNO4S.C17H26N2O4S.C17H25NO4S.C12H18N2O2S/c1-12-5-10-15(13-6-8-14(18)9-7-13)19(11-12)16(20)21-17(2,3)4;2*1-12-5-10-15(19(11-12)16(20)23-17(2,3)4)13-6-8-14(9-7-13)24(18,21)22;1-12-5-10-15(13-6-8-14(9-7-13)23(20)21)18(11-12)16(19)22-17(2,3)4;1-9-2-7-12(14-8-9)10-3-5-11(6-4-10)17(13,15)16/h6-9,12,15H,5,10-11H2,1-4H3;6-9,12,15H,5,10-11H2,1-4H3;6-9,12,15H,5,10-11H2,1-4H3,(H2,18,21,22);6-9,12,15H,5,10-11H2,1-4H3,(H,20,21);3-6,9,12,14H,2,7-8H2,1H3,(H2,13,15,16)/t4*12-,15+;9-,12+/m00000/s1. The number of likely N-dealkylation sites (tertiary alicyclic amines) is 4. The molecule has 11 atom stereocenters. The summed E-state index contributed by atoms with van der Waals surface area (Å²) in [6, 6.07) is 34.9. The molecule has 5 heterocycles. The molecule has 29 heteroatoms. The van der Waals surface area contributed by atoms with Crippen LogP contribution in [0.5, 0.6) is 0 Å². The largest absolute Gasteiger partial charge is 0.444 e. The third-order valence-electron chi connectivity index (χ3n) is 18.9. The number of amides is 4. The van der Waals surface area contributed by atoms with Gasteiger partial charge in [-0.05, 0) is 272 Å². The van der Waals surface area contributed by atoms with Gasteiger partial charge < -0.3 is 48.4 Å². The van der Waals surface area contributed by atoms with Crippen molar-refractivity contribution in [3.63, 3.8) is 0 Å². The number of ether oxygens (including phenoxy) is 4. The predicted octanol–water partition coefficient (Wildman–Crippen LogP) is 17.9. The van der Waals surface area contributed by atoms with Gasteiger partial charge in [0.1, 0.15) is 22.4 Å². The fourth-order valence-corrected chi connectivity index (χ4v) is 15.9. The summed E-state index contributed by atoms with van der Waals surface area (Å²) in [4.78, 5) is 58.0. The van der Waals surface area contributed by atoms with Gasteiger partial charge in [0.05, 0.1) is 43.7 Å². The lowest BCUT2D eigenvalue weighted by Gasteiger charge is -2.39. The van der Waals surface area contributed by atoms with Crippen molar-refractivity contribution in [3.05, 3.63) is 154 Å². The Hall–Kier alpha value is -6.21. The average molecular weight is 1680 g/mol. The number of halogens is 2. The second-order valence-corrected chi connectivity index (χ2v) is 41.1. The lowest BCUT2D eigenvalue weighted by molar-refractivity contribution is 0.00276. The van der Waals surface area contributed by atoms with Crippen molar-refractivity contribution in [1.29, 1.82) is 0 Å². The summed E-state index contributed by atoms with van der Waals surface area (Å²) < 4.78 is 111. The highest BCUT2D eigenvalue weighted by Gasteiger charge is 2.39. The van der Waals surface area contributed by atoms with E-state index < -0.39 is 62.6 Å². The van der Waals surface area contributed by atoms with Crippen molar-refractivity contribution < 1.29 is 72.1 Å². The van der Waals surface area contributed by atoms with Crippen molar-refractivity contribution in [2.24, 2.45) is 39.9 Å². The molecule has 0 spiro atoms. The minimum absolute atomic E-state index is 0.0535. The topological polar surface area (TPSA) is 322 Å². The van der Waals surface area contributed by atoms with E-state index in [0.29, 0.717) is 54.2 Å². The Morgan fingerprint density at radius 1 is 0.413 bits per heavy atom. The fourth-order valence-electron chi connectivity index (χ4n) is 13.5. The van der Waals surface area contributed by atoms with E-state index >= 15 is 0 Å². The van der Waals surface area contributed by atoms with Gasteiger partial charge >= 0.3 is 24.4 Å². The molecule has 5 saturated heterocycles. The number of sulfonamides is 2. The molecule has 5 aromatic carbocycles. The van der Waals surface area contributed by atoms with Crippen LogP contribution in [0.4, 0.5) is 19.2 Å². The number of carbonyl (C=O) groups is 4. The van der Waals surface area contributed by atoms with Crippen LogP contribution in [0.25, 0.3) is 0 Å². The third-order valence-corrected chi connectivity index (χ3v) is 23.3. The third kappa shape index (κ3) is 30.0. The second kappa shape index (κ2) is 39.0. The van der Waals surface area contributed by atoms with Gasteiger partial charge in [-0.2, -0.15) is 0 Å². The SMILES string of the molecule is C[C@H]1CC[C@H](c2ccc(Br)cc2)N(C(=O)OC(C)(C)C)C1.C[C@H]1CC[C@H](c2ccc(S(=O)(=O)Cl)cc2)N(C(=O)OC(C)(C)C)C1.C[C@H]1CC[C@H](c2ccc(S(=O)O)cc2)N(C(=O)OC(C)(C)C)C1.C[C@H]1CC[C@H](c2ccc(S(N)(=O)=O)cc2)N(C(=O)OC(C)(C)C)C1.C[C@H]1CC[C@H](c2ccc(S(N)(=O)=O)cc2)NC1. The number of primary sulfonamides is 2. The Morgan fingerprint density at radius 2 is 0.661 bits per heavy atom. The van der Waals surface area contributed by atoms with Gasteiger partial charge in [0.25, 0.3) is 9.05 Å². The summed E-state index contributed by atoms with van der Waals surface area (Å²) in [5.41, 5.74) is 2.95. The van der Waals surface area contributed by atoms with Gasteiger partial charge in [0.2, 0.25) is 20.0 Å². The normalized spacial score (nSPS) is 23.2. The van der Waals surface area contributed by atoms with Crippen molar-refractivity contribution >= 4 is 91.2 Å². The number of hydrogen-bond acceptors (Lipinski definition) is 16. The minimum atomic E-state index is -3.75. The second-order valence-electron chi connectivity index (χ2n) is 33.6. The molecular formula is C80H117BrClN7O16S4. The Kier molecular flexibility index (Phi) is 32.8. The number of benzene rings is 5. The van der Waals surface area contributed by atoms with Crippen LogP contribution >= 0.6 is 26.6 Å². The van der Waals surface area contributed by atoms with E-state index in [2.05, 4.69) is 68.0 Å². The number of nitrogens with one attached hydrogen (secondary N) is 1. The molecule has 10 rings (SSSR count). The molecule has 0 saturated carbocycles. The molecule has 4 amide bonds. The zero-order valence-electron chi connectivity index (χ0n) is 66.3. The molecule has 606 valence electrons. The van der Waals surface area contributed by atoms with Gasteiger partial charge in [-0.25, -0.2) is 58.9 Å². The summed E-state index contributed by atoms with van der Waals surface area (Å²) in [6.45, 7) is 36.8. The fraction of sp³-hybridized carbons (Fsp3) is 0.575. The van der Waals surface area contributed by atoms with Crippen LogP contribution in [0.15, 0.2) is 145 Å². The molecule has 0 aliphatic carbocycles. The van der Waals surface area contributed by atoms with E-state index in [1.807, 2.05) is 124 Å². The first-order chi connectivity index (χ1) is 50.3. The average Bonchev–Trinajstić information content (AvgIpc) is 0.816. The highest BCUT2D eigenvalue weighted by molar-refractivity contribution is 9.10. The van der Waals surface area contributed by atoms with Gasteiger partial charge in [-0.3, -0.25) is 0 Å². The van der Waals surface area contributed by atoms with E-state index in [-0.39, 0.29) is 63.2 Å². The maximum atomic E-state index is 12.6. The quantitative estimate of drug-likeness (QED) is 0.0605. The summed E-state index contributed by atoms with van der Waals surface area (Å²) >= 11 is 1.47. The number of piperidine rings is 5. The molecule has 6 N–H and O–H groups in total. The predicted molar refractivity (Wildman–Crippen MR) is 430 cm³/mol. The molecule has 0 radical (unpaired) electrons. The Balaban J connectivity index is 0.000000214. The number of nitrogens with two attached hydrogens (primary N) is 2. The maximum absolute atomic E-state index is 12.6. The van der Waals surface area contributed by atoms with Crippen LogP contribution in [0, 0.1) is 29.6 Å². The van der Waals surface area contributed by atoms with Crippen LogP contribution in [0.2, 0.25) is 0 Å². The molecule has 109 heavy (non-hydrogen) atoms. The van der Waals surface area contributed by atoms with E-state index in [9.17, 15) is 48.6 Å². The van der Waals surface area contributed by atoms with E-state index in [4.69, 9.17) is 44.5 Å². The van der Waals surface area contributed by atoms with Gasteiger partial charge in [0, 0.05) is 47.4 Å². The summed E-state index contributed by atoms with van der Waals surface area (Å²) in [5.74, 6) is 2.47. The van der Waals surface area contributed by atoms with E-state index in [1.54, 1.807) is 63.2 Å². The Labute approximate surface area is 663 Å². The summed E-state index contributed by atoms with van der Waals surface area (Å²) in [5, 5.41) is 13.7. The summed E-state index contributed by atoms with van der Waals surface area (Å²) in [6.07, 6.45) is 8.77. The zero-order valence-corrected chi connectivity index (χ0v) is 71.9. The molecule has 5 aliphatic rings. The van der Waals surface area contributed by atoms with Crippen LogP contribution in [0.3, 0.4) is 0 Å². The first kappa shape index (κ1) is 91.7. The number of hydrogen-bond donors (Lipinski definition) is 4. The monoisotopic (exact) mass is 1670 g/mol. The first-order valence-electron chi connectivity index (χ1n) is 37.3. The van der Waals surface area contributed by atoms with Crippen molar-refractivity contribution in [1.82, 2.24) is 24.9 Å². The highest BCUT2D eigenvalue weighted by atomic mass is 79.9. The highest BCUT2D eigenvalue weighted by Crippen LogP contribution is 2.40. The molecule has 0 aromatic heterocycles. The zero-order chi connectivity index (χ0) is 81.5. The van der Waals surface area contributed by atoms with Gasteiger partial charge in [0.15, 0.2) is 11.1 Å². The molecule has 5 aromatic rings. The number of carbonyl (C=O) groups excluding carboxylic acids is 4. The van der Waals surface area contributed by atoms with Crippen LogP contribution < -0.4 is 15.6 Å². The number of nitrogens with zero attached hydrogens (tertiary/aromatic N) is 4. The summed E-state index contributed by atoms with van der Waals surface area (Å²) in [7, 11) is -5.69. The van der Waals surface area contributed by atoms with Crippen LogP contribution in [-0.2, 0) is 59.1 Å². The maximum Gasteiger partial charge on any atom is 0.410 e. The Bertz CT molecular complexity index is 4060. The van der Waals surface area contributed by atoms with Crippen molar-refractivity contribution in [2.75, 3.05) is 32.7 Å². The Morgan fingerprint density at radius 3 is 0.899 bits per heavy atom. The smallest absolute Gasteiger partial charge is 0.410 e. The van der Waals surface area contributed by atoms with Gasteiger partial charge in [-0.15, -0.1) is 0 Å². The van der Waals surface area contributed by atoms with Gasteiger partial charge in [-0.1, -0.05) is 111 Å². The van der Waals surface area contributed by atoms with Crippen molar-refractivity contribution in [2.45, 2.75) is 254 Å². The molecule has 5 aliphatic heterocycles. The van der Waals surface area contributed by atoms with Crippen LogP contribution in [-0.4, -0.2) is 133 Å². The minimum Gasteiger partial charge on any atom is -0.444 e. The van der Waals surface area contributed by atoms with E-state index in [0.717, 1.165) is 104 Å². The lowest BCUT2D eigenvalue weighted by atomic mass is 9.90. The molecular weight excluding hydrogens is 1560 g/mol. The molecule has 1 unspecified atom stereocenters. The molecule has 0 bridgehead atoms.